The van der Waals surface area contributed by atoms with Crippen molar-refractivity contribution in [3.63, 3.8) is 0 Å². The van der Waals surface area contributed by atoms with E-state index >= 15 is 0 Å². The van der Waals surface area contributed by atoms with Crippen LogP contribution in [0.5, 0.6) is 0 Å². The Morgan fingerprint density at radius 1 is 1.27 bits per heavy atom. The predicted octanol–water partition coefficient (Wildman–Crippen LogP) is 2.83. The molecule has 0 atom stereocenters. The molecular weight excluding hydrogens is 300 g/mol. The Hall–Kier alpha value is -2.41. The maximum atomic E-state index is 10.8. The largest absolute Gasteiger partial charge is 0.352 e. The van der Waals surface area contributed by atoms with Gasteiger partial charge in [0, 0.05) is 35.5 Å². The highest BCUT2D eigenvalue weighted by molar-refractivity contribution is 7.11. The molecule has 2 rings (SSSR count). The van der Waals surface area contributed by atoms with Crippen molar-refractivity contribution in [1.29, 1.82) is 0 Å². The third-order valence-corrected chi connectivity index (χ3v) is 4.03. The van der Waals surface area contributed by atoms with Crippen LogP contribution in [0, 0.1) is 17.0 Å². The zero-order valence-corrected chi connectivity index (χ0v) is 13.3. The number of thiophene rings is 1. The van der Waals surface area contributed by atoms with Crippen LogP contribution in [0.25, 0.3) is 0 Å². The van der Waals surface area contributed by atoms with Crippen LogP contribution in [0.4, 0.5) is 5.69 Å². The summed E-state index contributed by atoms with van der Waals surface area (Å²) in [6.45, 7) is 3.25. The molecule has 0 radical (unpaired) electrons. The third-order valence-electron chi connectivity index (χ3n) is 3.03. The van der Waals surface area contributed by atoms with E-state index in [1.165, 1.54) is 15.8 Å². The van der Waals surface area contributed by atoms with E-state index in [1.807, 2.05) is 6.07 Å². The van der Waals surface area contributed by atoms with Crippen molar-refractivity contribution in [2.75, 3.05) is 7.05 Å². The van der Waals surface area contributed by atoms with Gasteiger partial charge in [0.25, 0.3) is 5.69 Å². The monoisotopic (exact) mass is 318 g/mol. The first-order valence-electron chi connectivity index (χ1n) is 6.81. The van der Waals surface area contributed by atoms with Gasteiger partial charge >= 0.3 is 0 Å². The van der Waals surface area contributed by atoms with Gasteiger partial charge in [0.15, 0.2) is 5.96 Å². The Kier molecular flexibility index (Phi) is 5.48. The molecule has 0 unspecified atom stereocenters. The number of hydrogen-bond acceptors (Lipinski definition) is 4. The fourth-order valence-corrected chi connectivity index (χ4v) is 2.77. The average molecular weight is 318 g/mol. The Balaban J connectivity index is 1.88. The van der Waals surface area contributed by atoms with Crippen LogP contribution in [0.1, 0.15) is 15.3 Å². The van der Waals surface area contributed by atoms with Crippen molar-refractivity contribution in [3.8, 4) is 0 Å². The molecule has 0 saturated heterocycles. The lowest BCUT2D eigenvalue weighted by Crippen LogP contribution is -2.36. The summed E-state index contributed by atoms with van der Waals surface area (Å²) < 4.78 is 0. The summed E-state index contributed by atoms with van der Waals surface area (Å²) in [4.78, 5) is 17.0. The highest BCUT2D eigenvalue weighted by atomic mass is 32.1. The molecular formula is C15H18N4O2S. The molecule has 2 aromatic rings. The second-order valence-electron chi connectivity index (χ2n) is 4.72. The highest BCUT2D eigenvalue weighted by Crippen LogP contribution is 2.14. The van der Waals surface area contributed by atoms with E-state index < -0.39 is 4.92 Å². The molecule has 0 spiro atoms. The normalized spacial score (nSPS) is 11.3. The lowest BCUT2D eigenvalue weighted by Gasteiger charge is -2.11. The topological polar surface area (TPSA) is 79.6 Å². The van der Waals surface area contributed by atoms with E-state index in [9.17, 15) is 10.1 Å². The molecule has 2 N–H and O–H groups in total. The van der Waals surface area contributed by atoms with Gasteiger partial charge in [0.05, 0.1) is 11.5 Å². The first-order valence-corrected chi connectivity index (χ1v) is 7.63. The van der Waals surface area contributed by atoms with Gasteiger partial charge in [-0.05, 0) is 24.6 Å². The minimum absolute atomic E-state index is 0.0938. The van der Waals surface area contributed by atoms with Crippen molar-refractivity contribution < 1.29 is 4.92 Å². The van der Waals surface area contributed by atoms with E-state index in [4.69, 9.17) is 0 Å². The molecule has 1 heterocycles. The summed E-state index contributed by atoms with van der Waals surface area (Å²) in [6, 6.07) is 10.7. The second kappa shape index (κ2) is 7.56. The predicted molar refractivity (Wildman–Crippen MR) is 89.2 cm³/mol. The van der Waals surface area contributed by atoms with E-state index in [0.29, 0.717) is 19.0 Å². The van der Waals surface area contributed by atoms with Crippen molar-refractivity contribution in [2.24, 2.45) is 4.99 Å². The van der Waals surface area contributed by atoms with Crippen LogP contribution in [0.2, 0.25) is 0 Å². The van der Waals surface area contributed by atoms with Crippen LogP contribution in [0.3, 0.4) is 0 Å². The number of aliphatic imine (C=N–C) groups is 1. The van der Waals surface area contributed by atoms with Gasteiger partial charge in [-0.3, -0.25) is 15.1 Å². The van der Waals surface area contributed by atoms with Crippen molar-refractivity contribution in [3.05, 3.63) is 61.8 Å². The molecule has 0 saturated carbocycles. The molecule has 0 aliphatic carbocycles. The number of guanidine groups is 1. The summed E-state index contributed by atoms with van der Waals surface area (Å²) in [7, 11) is 1.70. The molecule has 0 aliphatic rings. The van der Waals surface area contributed by atoms with Gasteiger partial charge in [-0.1, -0.05) is 12.1 Å². The van der Waals surface area contributed by atoms with Crippen molar-refractivity contribution >= 4 is 23.0 Å². The van der Waals surface area contributed by atoms with Gasteiger partial charge in [-0.25, -0.2) is 0 Å². The third kappa shape index (κ3) is 4.56. The molecule has 116 valence electrons. The summed E-state index contributed by atoms with van der Waals surface area (Å²) >= 11 is 1.74. The number of non-ortho nitro benzene ring substituents is 1. The number of benzene rings is 1. The minimum atomic E-state index is -0.393. The van der Waals surface area contributed by atoms with Crippen LogP contribution in [0.15, 0.2) is 41.4 Å². The quantitative estimate of drug-likeness (QED) is 0.384. The molecule has 0 amide bonds. The maximum absolute atomic E-state index is 10.8. The Morgan fingerprint density at radius 2 is 2.05 bits per heavy atom. The Labute approximate surface area is 133 Å². The maximum Gasteiger partial charge on any atom is 0.269 e. The van der Waals surface area contributed by atoms with E-state index in [0.717, 1.165) is 5.56 Å². The number of nitrogens with one attached hydrogen (secondary N) is 2. The van der Waals surface area contributed by atoms with Gasteiger partial charge in [-0.2, -0.15) is 0 Å². The fourth-order valence-electron chi connectivity index (χ4n) is 1.94. The lowest BCUT2D eigenvalue weighted by molar-refractivity contribution is -0.384. The number of rotatable bonds is 5. The fraction of sp³-hybridized carbons (Fsp3) is 0.267. The average Bonchev–Trinajstić information content (AvgIpc) is 2.93. The Morgan fingerprint density at radius 3 is 2.68 bits per heavy atom. The summed E-state index contributed by atoms with van der Waals surface area (Å²) in [5, 5.41) is 17.1. The number of nitrogens with zero attached hydrogens (tertiary/aromatic N) is 2. The van der Waals surface area contributed by atoms with E-state index in [1.54, 1.807) is 30.5 Å². The first kappa shape index (κ1) is 16.0. The summed E-state index contributed by atoms with van der Waals surface area (Å²) in [6.07, 6.45) is 0. The molecule has 0 bridgehead atoms. The standard InChI is InChI=1S/C15H18N4O2S/c1-11-6-7-14(22-11)10-18-15(16-2)17-9-12-4-3-5-13(8-12)19(20)21/h3-8H,9-10H2,1-2H3,(H2,16,17,18). The van der Waals surface area contributed by atoms with Gasteiger partial charge in [-0.15, -0.1) is 11.3 Å². The zero-order chi connectivity index (χ0) is 15.9. The zero-order valence-electron chi connectivity index (χ0n) is 12.5. The molecule has 7 heteroatoms. The minimum Gasteiger partial charge on any atom is -0.352 e. The van der Waals surface area contributed by atoms with Gasteiger partial charge in [0.2, 0.25) is 0 Å². The highest BCUT2D eigenvalue weighted by Gasteiger charge is 2.06. The molecule has 1 aromatic heterocycles. The lowest BCUT2D eigenvalue weighted by atomic mass is 10.2. The molecule has 0 fully saturated rings. The number of nitro benzene ring substituents is 1. The number of hydrogen-bond donors (Lipinski definition) is 2. The van der Waals surface area contributed by atoms with Crippen molar-refractivity contribution in [1.82, 2.24) is 10.6 Å². The van der Waals surface area contributed by atoms with E-state index in [-0.39, 0.29) is 5.69 Å². The van der Waals surface area contributed by atoms with E-state index in [2.05, 4.69) is 34.7 Å². The van der Waals surface area contributed by atoms with Crippen LogP contribution in [-0.2, 0) is 13.1 Å². The summed E-state index contributed by atoms with van der Waals surface area (Å²) in [5.41, 5.74) is 0.931. The molecule has 1 aromatic carbocycles. The number of nitro groups is 1. The van der Waals surface area contributed by atoms with Crippen LogP contribution in [-0.4, -0.2) is 17.9 Å². The molecule has 6 nitrogen and oxygen atoms in total. The first-order chi connectivity index (χ1) is 10.6. The second-order valence-corrected chi connectivity index (χ2v) is 6.09. The SMILES string of the molecule is CN=C(NCc1cccc([N+](=O)[O-])c1)NCc1ccc(C)s1. The molecule has 22 heavy (non-hydrogen) atoms. The summed E-state index contributed by atoms with van der Waals surface area (Å²) in [5.74, 6) is 0.664. The molecule has 0 aliphatic heterocycles. The van der Waals surface area contributed by atoms with Crippen LogP contribution < -0.4 is 10.6 Å². The Bertz CT molecular complexity index is 682. The smallest absolute Gasteiger partial charge is 0.269 e. The van der Waals surface area contributed by atoms with Crippen molar-refractivity contribution in [2.45, 2.75) is 20.0 Å². The van der Waals surface area contributed by atoms with Crippen LogP contribution >= 0.6 is 11.3 Å². The van der Waals surface area contributed by atoms with Gasteiger partial charge < -0.3 is 10.6 Å². The van der Waals surface area contributed by atoms with Gasteiger partial charge in [0.1, 0.15) is 0 Å². The number of aryl methyl sites for hydroxylation is 1.